The molecule has 0 aliphatic rings. The number of methoxy groups -OCH3 is 1. The number of hydrogen-bond donors (Lipinski definition) is 3. The average Bonchev–Trinajstić information content (AvgIpc) is 2.74. The molecule has 0 fully saturated rings. The molecule has 3 N–H and O–H groups in total. The van der Waals surface area contributed by atoms with E-state index in [0.29, 0.717) is 17.1 Å². The molecule has 8 nitrogen and oxygen atoms in total. The zero-order chi connectivity index (χ0) is 21.1. The third-order valence-electron chi connectivity index (χ3n) is 4.15. The summed E-state index contributed by atoms with van der Waals surface area (Å²) in [5, 5.41) is 11.6. The van der Waals surface area contributed by atoms with Gasteiger partial charge < -0.3 is 19.5 Å². The molecule has 0 aliphatic heterocycles. The second kappa shape index (κ2) is 11.8. The van der Waals surface area contributed by atoms with Gasteiger partial charge in [-0.15, -0.1) is 0 Å². The van der Waals surface area contributed by atoms with Crippen molar-refractivity contribution in [3.8, 4) is 11.5 Å². The van der Waals surface area contributed by atoms with Gasteiger partial charge in [0.25, 0.3) is 5.91 Å². The highest BCUT2D eigenvalue weighted by atomic mass is 16.7. The highest BCUT2D eigenvalue weighted by Crippen LogP contribution is 2.21. The van der Waals surface area contributed by atoms with Crippen LogP contribution in [-0.4, -0.2) is 43.6 Å². The van der Waals surface area contributed by atoms with E-state index in [0.717, 1.165) is 0 Å². The minimum absolute atomic E-state index is 0.0679. The maximum Gasteiger partial charge on any atom is 0.251 e. The lowest BCUT2D eigenvalue weighted by Gasteiger charge is -2.21. The number of carbonyl (C=O) groups excluding carboxylic acids is 2. The van der Waals surface area contributed by atoms with Crippen LogP contribution in [0.4, 0.5) is 0 Å². The van der Waals surface area contributed by atoms with Gasteiger partial charge in [-0.3, -0.25) is 14.8 Å². The van der Waals surface area contributed by atoms with Crippen molar-refractivity contribution in [2.24, 2.45) is 5.92 Å². The first-order valence-electron chi connectivity index (χ1n) is 9.18. The minimum atomic E-state index is -0.529. The fourth-order valence-electron chi connectivity index (χ4n) is 2.65. The predicted octanol–water partition coefficient (Wildman–Crippen LogP) is 2.73. The summed E-state index contributed by atoms with van der Waals surface area (Å²) in [6.07, 6.45) is 0.289. The quantitative estimate of drug-likeness (QED) is 0.231. The van der Waals surface area contributed by atoms with Gasteiger partial charge in [0.05, 0.1) is 12.6 Å². The molecule has 156 valence electrons. The summed E-state index contributed by atoms with van der Waals surface area (Å²) >= 11 is 0. The van der Waals surface area contributed by atoms with Crippen molar-refractivity contribution in [1.29, 1.82) is 0 Å². The van der Waals surface area contributed by atoms with Crippen LogP contribution in [0, 0.1) is 5.92 Å². The highest BCUT2D eigenvalue weighted by molar-refractivity contribution is 5.94. The maximum absolute atomic E-state index is 12.6. The first kappa shape index (κ1) is 22.4. The molecular formula is C21H26N2O6. The Kier molecular flexibility index (Phi) is 9.10. The Hall–Kier alpha value is -2.94. The lowest BCUT2D eigenvalue weighted by molar-refractivity contribution is -0.133. The van der Waals surface area contributed by atoms with Gasteiger partial charge in [-0.05, 0) is 42.8 Å². The molecule has 2 aromatic rings. The fourth-order valence-corrected chi connectivity index (χ4v) is 2.65. The number of nitrogens with one attached hydrogen (secondary N) is 2. The summed E-state index contributed by atoms with van der Waals surface area (Å²) in [5.41, 5.74) is 2.06. The van der Waals surface area contributed by atoms with Gasteiger partial charge in [-0.1, -0.05) is 25.1 Å². The van der Waals surface area contributed by atoms with Gasteiger partial charge >= 0.3 is 0 Å². The smallest absolute Gasteiger partial charge is 0.251 e. The molecule has 2 amide bonds. The Morgan fingerprint density at radius 2 is 1.69 bits per heavy atom. The molecule has 2 aromatic carbocycles. The van der Waals surface area contributed by atoms with E-state index in [4.69, 9.17) is 19.4 Å². The number of hydrogen-bond acceptors (Lipinski definition) is 6. The van der Waals surface area contributed by atoms with Crippen LogP contribution in [0.5, 0.6) is 11.5 Å². The van der Waals surface area contributed by atoms with Gasteiger partial charge in [0.15, 0.2) is 0 Å². The van der Waals surface area contributed by atoms with Crippen LogP contribution < -0.4 is 15.5 Å². The Morgan fingerprint density at radius 3 is 2.31 bits per heavy atom. The summed E-state index contributed by atoms with van der Waals surface area (Å²) in [6, 6.07) is 15.6. The Labute approximate surface area is 169 Å². The van der Waals surface area contributed by atoms with Crippen LogP contribution in [-0.2, 0) is 14.3 Å². The largest absolute Gasteiger partial charge is 0.457 e. The Bertz CT molecular complexity index is 767. The van der Waals surface area contributed by atoms with Crippen LogP contribution in [0.25, 0.3) is 0 Å². The average molecular weight is 402 g/mol. The fraction of sp³-hybridized carbons (Fsp3) is 0.333. The summed E-state index contributed by atoms with van der Waals surface area (Å²) in [4.78, 5) is 24.2. The molecule has 0 heterocycles. The van der Waals surface area contributed by atoms with Crippen molar-refractivity contribution in [2.45, 2.75) is 19.4 Å². The van der Waals surface area contributed by atoms with Gasteiger partial charge in [0.1, 0.15) is 18.3 Å². The lowest BCUT2D eigenvalue weighted by Crippen LogP contribution is -2.41. The van der Waals surface area contributed by atoms with Crippen LogP contribution in [0.15, 0.2) is 54.6 Å². The van der Waals surface area contributed by atoms with E-state index < -0.39 is 17.9 Å². The molecule has 0 spiro atoms. The molecule has 29 heavy (non-hydrogen) atoms. The Morgan fingerprint density at radius 1 is 1.03 bits per heavy atom. The van der Waals surface area contributed by atoms with Crippen molar-refractivity contribution < 1.29 is 29.0 Å². The van der Waals surface area contributed by atoms with Gasteiger partial charge in [0, 0.05) is 18.6 Å². The molecule has 2 rings (SSSR count). The number of hydroxylamine groups is 1. The topological polar surface area (TPSA) is 106 Å². The van der Waals surface area contributed by atoms with Gasteiger partial charge in [0.2, 0.25) is 5.91 Å². The van der Waals surface area contributed by atoms with Crippen molar-refractivity contribution in [3.63, 3.8) is 0 Å². The summed E-state index contributed by atoms with van der Waals surface area (Å²) < 4.78 is 15.9. The second-order valence-electron chi connectivity index (χ2n) is 6.50. The molecule has 0 unspecified atom stereocenters. The van der Waals surface area contributed by atoms with Crippen LogP contribution in [0.2, 0.25) is 0 Å². The van der Waals surface area contributed by atoms with Crippen molar-refractivity contribution >= 4 is 11.8 Å². The van der Waals surface area contributed by atoms with E-state index >= 15 is 0 Å². The normalized spacial score (nSPS) is 12.7. The van der Waals surface area contributed by atoms with Crippen LogP contribution in [0.3, 0.4) is 0 Å². The molecule has 0 saturated heterocycles. The zero-order valence-electron chi connectivity index (χ0n) is 16.5. The third-order valence-corrected chi connectivity index (χ3v) is 4.15. The van der Waals surface area contributed by atoms with Crippen LogP contribution >= 0.6 is 0 Å². The summed E-state index contributed by atoms with van der Waals surface area (Å²) in [5.74, 6) is -0.0347. The van der Waals surface area contributed by atoms with E-state index in [1.54, 1.807) is 36.7 Å². The second-order valence-corrected chi connectivity index (χ2v) is 6.50. The molecule has 0 aliphatic carbocycles. The van der Waals surface area contributed by atoms with E-state index in [9.17, 15) is 9.59 Å². The molecule has 0 bridgehead atoms. The number of amides is 2. The molecule has 8 heteroatoms. The summed E-state index contributed by atoms with van der Waals surface area (Å²) in [6.45, 7) is 1.88. The SMILES string of the molecule is COCOC[C@H](C[C@H](C)C(=O)NO)NC(=O)c1ccc(Oc2ccccc2)cc1. The lowest BCUT2D eigenvalue weighted by atomic mass is 10.0. The number of carbonyl (C=O) groups is 2. The molecular weight excluding hydrogens is 376 g/mol. The zero-order valence-corrected chi connectivity index (χ0v) is 16.5. The molecule has 0 radical (unpaired) electrons. The number of rotatable bonds is 11. The number of para-hydroxylation sites is 1. The van der Waals surface area contributed by atoms with Crippen molar-refractivity contribution in [3.05, 3.63) is 60.2 Å². The van der Waals surface area contributed by atoms with E-state index in [1.165, 1.54) is 7.11 Å². The van der Waals surface area contributed by atoms with Crippen molar-refractivity contribution in [1.82, 2.24) is 10.8 Å². The summed E-state index contributed by atoms with van der Waals surface area (Å²) in [7, 11) is 1.49. The van der Waals surface area contributed by atoms with E-state index in [1.807, 2.05) is 30.3 Å². The van der Waals surface area contributed by atoms with E-state index in [2.05, 4.69) is 5.32 Å². The molecule has 0 saturated carbocycles. The maximum atomic E-state index is 12.6. The molecule has 0 aromatic heterocycles. The van der Waals surface area contributed by atoms with Crippen LogP contribution in [0.1, 0.15) is 23.7 Å². The first-order chi connectivity index (χ1) is 14.0. The number of ether oxygens (including phenoxy) is 3. The van der Waals surface area contributed by atoms with Gasteiger partial charge in [-0.25, -0.2) is 5.48 Å². The van der Waals surface area contributed by atoms with Gasteiger partial charge in [-0.2, -0.15) is 0 Å². The minimum Gasteiger partial charge on any atom is -0.457 e. The third kappa shape index (κ3) is 7.53. The monoisotopic (exact) mass is 402 g/mol. The van der Waals surface area contributed by atoms with Crippen molar-refractivity contribution in [2.75, 3.05) is 20.5 Å². The standard InChI is InChI=1S/C21H26N2O6/c1-15(20(24)23-26)12-17(13-28-14-27-2)22-21(25)16-8-10-19(11-9-16)29-18-6-4-3-5-7-18/h3-11,15,17,26H,12-14H2,1-2H3,(H,22,25)(H,23,24)/t15-,17-/m0/s1. The number of benzene rings is 2. The highest BCUT2D eigenvalue weighted by Gasteiger charge is 2.21. The predicted molar refractivity (Wildman–Crippen MR) is 106 cm³/mol. The first-order valence-corrected chi connectivity index (χ1v) is 9.18. The molecule has 2 atom stereocenters. The van der Waals surface area contributed by atoms with E-state index in [-0.39, 0.29) is 25.7 Å². The Balaban J connectivity index is 1.98.